The van der Waals surface area contributed by atoms with Gasteiger partial charge in [0, 0.05) is 0 Å². The van der Waals surface area contributed by atoms with Crippen molar-refractivity contribution in [2.75, 3.05) is 0 Å². The Balaban J connectivity index is 1.44. The lowest BCUT2D eigenvalue weighted by Gasteiger charge is -2.09. The van der Waals surface area contributed by atoms with Gasteiger partial charge in [-0.3, -0.25) is 0 Å². The number of nitrogens with zero attached hydrogens (tertiary/aromatic N) is 6. The number of hydrogen-bond acceptors (Lipinski definition) is 9. The number of rotatable bonds is 6. The first kappa shape index (κ1) is 18.4. The Labute approximate surface area is 163 Å². The Morgan fingerprint density at radius 3 is 2.71 bits per heavy atom. The standard InChI is InChI=1S/C15H9F3N6O2S2/c16-15(17,18)25-10-5-3-9(4-6-10)24-14(20-22-23-24)28-8-12-19-13(21-26-12)11-2-1-7-27-11/h1-7H,8H2. The van der Waals surface area contributed by atoms with E-state index in [0.717, 1.165) is 4.88 Å². The second kappa shape index (κ2) is 7.59. The minimum atomic E-state index is -4.75. The van der Waals surface area contributed by atoms with Crippen LogP contribution in [-0.4, -0.2) is 36.7 Å². The second-order valence-corrected chi connectivity index (χ2v) is 7.08. The fourth-order valence-corrected chi connectivity index (χ4v) is 3.54. The van der Waals surface area contributed by atoms with Gasteiger partial charge in [-0.2, -0.15) is 9.67 Å². The Morgan fingerprint density at radius 2 is 2.00 bits per heavy atom. The minimum Gasteiger partial charge on any atom is -0.406 e. The van der Waals surface area contributed by atoms with Crippen LogP contribution in [0.25, 0.3) is 16.4 Å². The molecule has 1 aromatic carbocycles. The highest BCUT2D eigenvalue weighted by Crippen LogP contribution is 2.27. The zero-order chi connectivity index (χ0) is 19.6. The average molecular weight is 426 g/mol. The molecule has 0 radical (unpaired) electrons. The van der Waals surface area contributed by atoms with E-state index in [9.17, 15) is 13.2 Å². The number of ether oxygens (including phenoxy) is 1. The molecule has 0 unspecified atom stereocenters. The topological polar surface area (TPSA) is 91.8 Å². The molecule has 4 rings (SSSR count). The van der Waals surface area contributed by atoms with Crippen LogP contribution in [0.2, 0.25) is 0 Å². The van der Waals surface area contributed by atoms with Crippen molar-refractivity contribution in [2.24, 2.45) is 0 Å². The fraction of sp³-hybridized carbons (Fsp3) is 0.133. The molecule has 28 heavy (non-hydrogen) atoms. The van der Waals surface area contributed by atoms with Gasteiger partial charge in [0.05, 0.1) is 16.3 Å². The van der Waals surface area contributed by atoms with E-state index < -0.39 is 6.36 Å². The zero-order valence-electron chi connectivity index (χ0n) is 13.7. The van der Waals surface area contributed by atoms with Crippen molar-refractivity contribution in [1.82, 2.24) is 30.3 Å². The maximum absolute atomic E-state index is 12.3. The van der Waals surface area contributed by atoms with Crippen molar-refractivity contribution in [3.05, 3.63) is 47.7 Å². The number of halogens is 3. The summed E-state index contributed by atoms with van der Waals surface area (Å²) < 4.78 is 47.2. The Hall–Kier alpha value is -2.93. The molecule has 144 valence electrons. The fourth-order valence-electron chi connectivity index (χ4n) is 2.17. The third-order valence-electron chi connectivity index (χ3n) is 3.29. The molecular formula is C15H9F3N6O2S2. The number of tetrazole rings is 1. The van der Waals surface area contributed by atoms with Crippen LogP contribution < -0.4 is 4.74 Å². The normalized spacial score (nSPS) is 11.7. The average Bonchev–Trinajstić information content (AvgIpc) is 3.40. The maximum Gasteiger partial charge on any atom is 0.573 e. The molecule has 0 aliphatic heterocycles. The van der Waals surface area contributed by atoms with Crippen LogP contribution in [0.5, 0.6) is 5.75 Å². The van der Waals surface area contributed by atoms with Crippen LogP contribution in [0.3, 0.4) is 0 Å². The van der Waals surface area contributed by atoms with Crippen LogP contribution in [0.1, 0.15) is 5.89 Å². The van der Waals surface area contributed by atoms with Crippen LogP contribution in [-0.2, 0) is 5.75 Å². The molecule has 0 N–H and O–H groups in total. The molecule has 3 heterocycles. The van der Waals surface area contributed by atoms with Crippen molar-refractivity contribution in [3.63, 3.8) is 0 Å². The highest BCUT2D eigenvalue weighted by Gasteiger charge is 2.31. The molecule has 0 spiro atoms. The molecule has 0 bridgehead atoms. The van der Waals surface area contributed by atoms with Gasteiger partial charge in [-0.1, -0.05) is 23.0 Å². The van der Waals surface area contributed by atoms with Crippen molar-refractivity contribution >= 4 is 23.1 Å². The molecular weight excluding hydrogens is 417 g/mol. The van der Waals surface area contributed by atoms with E-state index in [-0.39, 0.29) is 5.75 Å². The molecule has 13 heteroatoms. The monoisotopic (exact) mass is 426 g/mol. The first-order valence-electron chi connectivity index (χ1n) is 7.62. The van der Waals surface area contributed by atoms with E-state index in [2.05, 4.69) is 30.4 Å². The first-order chi connectivity index (χ1) is 13.5. The van der Waals surface area contributed by atoms with Crippen molar-refractivity contribution < 1.29 is 22.4 Å². The highest BCUT2D eigenvalue weighted by atomic mass is 32.2. The maximum atomic E-state index is 12.3. The van der Waals surface area contributed by atoms with E-state index in [1.807, 2.05) is 17.5 Å². The van der Waals surface area contributed by atoms with E-state index in [1.54, 1.807) is 0 Å². The van der Waals surface area contributed by atoms with Gasteiger partial charge < -0.3 is 9.26 Å². The molecule has 0 saturated carbocycles. The number of alkyl halides is 3. The summed E-state index contributed by atoms with van der Waals surface area (Å²) in [7, 11) is 0. The predicted molar refractivity (Wildman–Crippen MR) is 93.0 cm³/mol. The number of hydrogen-bond donors (Lipinski definition) is 0. The van der Waals surface area contributed by atoms with Crippen LogP contribution in [0.15, 0.2) is 51.5 Å². The summed E-state index contributed by atoms with van der Waals surface area (Å²) in [5, 5.41) is 17.6. The number of thiophene rings is 1. The summed E-state index contributed by atoms with van der Waals surface area (Å²) in [6.45, 7) is 0. The van der Waals surface area contributed by atoms with Gasteiger partial charge in [0.2, 0.25) is 16.9 Å². The largest absolute Gasteiger partial charge is 0.573 e. The molecule has 8 nitrogen and oxygen atoms in total. The van der Waals surface area contributed by atoms with Crippen molar-refractivity contribution in [3.8, 4) is 22.1 Å². The van der Waals surface area contributed by atoms with Gasteiger partial charge in [-0.05, 0) is 46.1 Å². The number of aromatic nitrogens is 6. The van der Waals surface area contributed by atoms with Crippen LogP contribution in [0.4, 0.5) is 13.2 Å². The van der Waals surface area contributed by atoms with Gasteiger partial charge in [-0.25, -0.2) is 0 Å². The molecule has 3 aromatic heterocycles. The van der Waals surface area contributed by atoms with E-state index in [4.69, 9.17) is 4.52 Å². The molecule has 0 amide bonds. The predicted octanol–water partition coefficient (Wildman–Crippen LogP) is 3.96. The highest BCUT2D eigenvalue weighted by molar-refractivity contribution is 7.98. The van der Waals surface area contributed by atoms with Gasteiger partial charge in [0.25, 0.3) is 0 Å². The molecule has 4 aromatic rings. The van der Waals surface area contributed by atoms with E-state index in [0.29, 0.717) is 28.3 Å². The van der Waals surface area contributed by atoms with Crippen molar-refractivity contribution in [1.29, 1.82) is 0 Å². The lowest BCUT2D eigenvalue weighted by atomic mass is 10.3. The summed E-state index contributed by atoms with van der Waals surface area (Å²) in [5.74, 6) is 0.904. The molecule has 0 atom stereocenters. The summed E-state index contributed by atoms with van der Waals surface area (Å²) >= 11 is 2.75. The van der Waals surface area contributed by atoms with Gasteiger partial charge in [0.15, 0.2) is 0 Å². The summed E-state index contributed by atoms with van der Waals surface area (Å²) in [4.78, 5) is 5.21. The zero-order valence-corrected chi connectivity index (χ0v) is 15.3. The molecule has 0 aliphatic rings. The van der Waals surface area contributed by atoms with Crippen LogP contribution in [0, 0.1) is 0 Å². The first-order valence-corrected chi connectivity index (χ1v) is 9.48. The molecule has 0 fully saturated rings. The third-order valence-corrected chi connectivity index (χ3v) is 5.06. The summed E-state index contributed by atoms with van der Waals surface area (Å²) in [5.41, 5.74) is 0.479. The quantitative estimate of drug-likeness (QED) is 0.428. The van der Waals surface area contributed by atoms with Gasteiger partial charge in [0.1, 0.15) is 5.75 Å². The minimum absolute atomic E-state index is 0.327. The molecule has 0 saturated heterocycles. The Morgan fingerprint density at radius 1 is 1.18 bits per heavy atom. The Bertz CT molecular complexity index is 1050. The summed E-state index contributed by atoms with van der Waals surface area (Å²) in [6, 6.07) is 8.99. The number of thioether (sulfide) groups is 1. The summed E-state index contributed by atoms with van der Waals surface area (Å²) in [6.07, 6.45) is -4.75. The van der Waals surface area contributed by atoms with Crippen LogP contribution >= 0.6 is 23.1 Å². The lowest BCUT2D eigenvalue weighted by molar-refractivity contribution is -0.274. The van der Waals surface area contributed by atoms with Crippen molar-refractivity contribution in [2.45, 2.75) is 17.3 Å². The van der Waals surface area contributed by atoms with Gasteiger partial charge >= 0.3 is 6.36 Å². The molecule has 0 aliphatic carbocycles. The van der Waals surface area contributed by atoms with E-state index >= 15 is 0 Å². The van der Waals surface area contributed by atoms with E-state index in [1.165, 1.54) is 52.0 Å². The number of benzene rings is 1. The van der Waals surface area contributed by atoms with Gasteiger partial charge in [-0.15, -0.1) is 29.6 Å². The lowest BCUT2D eigenvalue weighted by Crippen LogP contribution is -2.17. The third kappa shape index (κ3) is 4.31. The SMILES string of the molecule is FC(F)(F)Oc1ccc(-n2nnnc2SCc2nc(-c3cccs3)no2)cc1. The smallest absolute Gasteiger partial charge is 0.406 e. The second-order valence-electron chi connectivity index (χ2n) is 5.19. The Kier molecular flexibility index (Phi) is 5.00.